The molecule has 0 saturated heterocycles. The number of hydrogen-bond acceptors (Lipinski definition) is 4. The molecular weight excluding hydrogens is 320 g/mol. The van der Waals surface area contributed by atoms with E-state index in [1.54, 1.807) is 13.3 Å². The van der Waals surface area contributed by atoms with Crippen molar-refractivity contribution < 1.29 is 9.47 Å². The average molecular weight is 338 g/mol. The molecule has 0 fully saturated rings. The van der Waals surface area contributed by atoms with Crippen LogP contribution in [0.5, 0.6) is 0 Å². The molecule has 0 aliphatic carbocycles. The number of nitrogens with one attached hydrogen (secondary N) is 1. The van der Waals surface area contributed by atoms with Gasteiger partial charge in [0.2, 0.25) is 0 Å². The van der Waals surface area contributed by atoms with Crippen molar-refractivity contribution in [2.75, 3.05) is 38.8 Å². The number of pyridine rings is 1. The largest absolute Gasteiger partial charge is 0.382 e. The van der Waals surface area contributed by atoms with E-state index in [0.717, 1.165) is 36.3 Å². The first kappa shape index (κ1) is 15.7. The minimum Gasteiger partial charge on any atom is -0.382 e. The Morgan fingerprint density at radius 1 is 1.33 bits per heavy atom. The molecule has 1 aromatic rings. The maximum absolute atomic E-state index is 6.03. The van der Waals surface area contributed by atoms with Crippen molar-refractivity contribution in [2.24, 2.45) is 0 Å². The molecule has 0 atom stereocenters. The minimum atomic E-state index is 0.626. The summed E-state index contributed by atoms with van der Waals surface area (Å²) in [5.74, 6) is 0.722. The van der Waals surface area contributed by atoms with E-state index in [1.807, 2.05) is 6.07 Å². The maximum Gasteiger partial charge on any atom is 0.144 e. The summed E-state index contributed by atoms with van der Waals surface area (Å²) in [6, 6.07) is 1.82. The van der Waals surface area contributed by atoms with E-state index < -0.39 is 0 Å². The number of aromatic nitrogens is 1. The molecule has 0 unspecified atom stereocenters. The number of halogens is 2. The fourth-order valence-electron chi connectivity index (χ4n) is 1.32. The molecule has 1 heterocycles. The van der Waals surface area contributed by atoms with E-state index in [1.165, 1.54) is 0 Å². The molecule has 0 bridgehead atoms. The molecular formula is C12H18BrClN2O2. The second-order valence-corrected chi connectivity index (χ2v) is 5.05. The molecule has 102 valence electrons. The molecule has 0 aromatic carbocycles. The van der Waals surface area contributed by atoms with Gasteiger partial charge in [0.25, 0.3) is 0 Å². The van der Waals surface area contributed by atoms with Gasteiger partial charge in [-0.15, -0.1) is 0 Å². The summed E-state index contributed by atoms with van der Waals surface area (Å²) < 4.78 is 11.1. The molecule has 1 aromatic heterocycles. The zero-order valence-corrected chi connectivity index (χ0v) is 12.8. The summed E-state index contributed by atoms with van der Waals surface area (Å²) in [6.07, 6.45) is 3.74. The normalized spacial score (nSPS) is 10.6. The van der Waals surface area contributed by atoms with Crippen LogP contribution in [0.15, 0.2) is 16.7 Å². The van der Waals surface area contributed by atoms with Crippen molar-refractivity contribution in [3.63, 3.8) is 0 Å². The third-order valence-corrected chi connectivity index (χ3v) is 2.97. The van der Waals surface area contributed by atoms with Crippen molar-refractivity contribution in [3.05, 3.63) is 21.8 Å². The van der Waals surface area contributed by atoms with Gasteiger partial charge < -0.3 is 14.8 Å². The molecule has 18 heavy (non-hydrogen) atoms. The maximum atomic E-state index is 6.03. The van der Waals surface area contributed by atoms with E-state index in [0.29, 0.717) is 18.2 Å². The zero-order chi connectivity index (χ0) is 13.2. The van der Waals surface area contributed by atoms with Gasteiger partial charge in [-0.3, -0.25) is 0 Å². The first-order chi connectivity index (χ1) is 8.74. The van der Waals surface area contributed by atoms with Crippen LogP contribution in [0, 0.1) is 0 Å². The first-order valence-electron chi connectivity index (χ1n) is 5.85. The Morgan fingerprint density at radius 2 is 2.17 bits per heavy atom. The number of ether oxygens (including phenoxy) is 2. The Bertz CT molecular complexity index is 353. The van der Waals surface area contributed by atoms with Gasteiger partial charge in [0.1, 0.15) is 5.82 Å². The van der Waals surface area contributed by atoms with Gasteiger partial charge in [0.05, 0.1) is 18.2 Å². The number of unbranched alkanes of at least 4 members (excludes halogenated alkanes) is 1. The summed E-state index contributed by atoms with van der Waals surface area (Å²) in [6.45, 7) is 2.90. The van der Waals surface area contributed by atoms with E-state index in [4.69, 9.17) is 21.1 Å². The molecule has 0 radical (unpaired) electrons. The smallest absolute Gasteiger partial charge is 0.144 e. The first-order valence-corrected chi connectivity index (χ1v) is 7.02. The fraction of sp³-hybridized carbons (Fsp3) is 0.583. The summed E-state index contributed by atoms with van der Waals surface area (Å²) in [7, 11) is 1.67. The second-order valence-electron chi connectivity index (χ2n) is 3.72. The molecule has 0 spiro atoms. The zero-order valence-electron chi connectivity index (χ0n) is 10.4. The van der Waals surface area contributed by atoms with Gasteiger partial charge in [-0.05, 0) is 34.8 Å². The molecule has 0 aliphatic rings. The van der Waals surface area contributed by atoms with Crippen molar-refractivity contribution in [2.45, 2.75) is 12.8 Å². The number of nitrogens with zero attached hydrogens (tertiary/aromatic N) is 1. The summed E-state index contributed by atoms with van der Waals surface area (Å²) >= 11 is 9.35. The highest BCUT2D eigenvalue weighted by Gasteiger charge is 2.01. The monoisotopic (exact) mass is 336 g/mol. The third kappa shape index (κ3) is 6.54. The summed E-state index contributed by atoms with van der Waals surface area (Å²) in [4.78, 5) is 4.20. The third-order valence-electron chi connectivity index (χ3n) is 2.25. The van der Waals surface area contributed by atoms with Crippen LogP contribution < -0.4 is 5.32 Å². The highest BCUT2D eigenvalue weighted by atomic mass is 79.9. The number of methoxy groups -OCH3 is 1. The van der Waals surface area contributed by atoms with Crippen LogP contribution in [0.1, 0.15) is 12.8 Å². The van der Waals surface area contributed by atoms with E-state index >= 15 is 0 Å². The Kier molecular flexibility index (Phi) is 8.33. The van der Waals surface area contributed by atoms with Gasteiger partial charge >= 0.3 is 0 Å². The van der Waals surface area contributed by atoms with Crippen LogP contribution in [0.4, 0.5) is 5.82 Å². The van der Waals surface area contributed by atoms with Crippen LogP contribution in [0.2, 0.25) is 5.02 Å². The van der Waals surface area contributed by atoms with Crippen LogP contribution in [-0.4, -0.2) is 38.5 Å². The molecule has 0 saturated carbocycles. The standard InChI is InChI=1S/C12H18BrClN2O2/c1-17-6-7-18-5-3-2-4-15-12-11(14)8-10(13)9-16-12/h8-9H,2-7H2,1H3,(H,15,16). The topological polar surface area (TPSA) is 43.4 Å². The lowest BCUT2D eigenvalue weighted by molar-refractivity contribution is 0.0691. The summed E-state index contributed by atoms with van der Waals surface area (Å²) in [5.41, 5.74) is 0. The Hall–Kier alpha value is -0.360. The Morgan fingerprint density at radius 3 is 2.89 bits per heavy atom. The lowest BCUT2D eigenvalue weighted by Crippen LogP contribution is -2.07. The van der Waals surface area contributed by atoms with Crippen LogP contribution >= 0.6 is 27.5 Å². The van der Waals surface area contributed by atoms with Gasteiger partial charge in [0.15, 0.2) is 0 Å². The van der Waals surface area contributed by atoms with E-state index in [9.17, 15) is 0 Å². The van der Waals surface area contributed by atoms with Crippen molar-refractivity contribution in [1.29, 1.82) is 0 Å². The summed E-state index contributed by atoms with van der Waals surface area (Å²) in [5, 5.41) is 3.82. The fourth-order valence-corrected chi connectivity index (χ4v) is 2.02. The molecule has 0 aliphatic heterocycles. The van der Waals surface area contributed by atoms with Gasteiger partial charge in [-0.25, -0.2) is 4.98 Å². The van der Waals surface area contributed by atoms with Crippen molar-refractivity contribution >= 4 is 33.3 Å². The van der Waals surface area contributed by atoms with Crippen LogP contribution in [0.25, 0.3) is 0 Å². The van der Waals surface area contributed by atoms with Crippen molar-refractivity contribution in [1.82, 2.24) is 4.98 Å². The Labute approximate surface area is 121 Å². The van der Waals surface area contributed by atoms with Gasteiger partial charge in [-0.1, -0.05) is 11.6 Å². The molecule has 0 amide bonds. The molecule has 4 nitrogen and oxygen atoms in total. The van der Waals surface area contributed by atoms with Crippen molar-refractivity contribution in [3.8, 4) is 0 Å². The predicted octanol–water partition coefficient (Wildman–Crippen LogP) is 3.35. The molecule has 6 heteroatoms. The van der Waals surface area contributed by atoms with E-state index in [-0.39, 0.29) is 0 Å². The minimum absolute atomic E-state index is 0.626. The number of anilines is 1. The van der Waals surface area contributed by atoms with Gasteiger partial charge in [0, 0.05) is 30.9 Å². The quantitative estimate of drug-likeness (QED) is 0.702. The highest BCUT2D eigenvalue weighted by molar-refractivity contribution is 9.10. The van der Waals surface area contributed by atoms with Crippen LogP contribution in [0.3, 0.4) is 0 Å². The van der Waals surface area contributed by atoms with Crippen LogP contribution in [-0.2, 0) is 9.47 Å². The lowest BCUT2D eigenvalue weighted by Gasteiger charge is -2.07. The number of rotatable bonds is 9. The Balaban J connectivity index is 2.07. The highest BCUT2D eigenvalue weighted by Crippen LogP contribution is 2.22. The second kappa shape index (κ2) is 9.55. The number of hydrogen-bond donors (Lipinski definition) is 1. The molecule has 1 N–H and O–H groups in total. The van der Waals surface area contributed by atoms with E-state index in [2.05, 4.69) is 26.2 Å². The molecule has 1 rings (SSSR count). The van der Waals surface area contributed by atoms with Gasteiger partial charge in [-0.2, -0.15) is 0 Å². The lowest BCUT2D eigenvalue weighted by atomic mass is 10.3. The predicted molar refractivity (Wildman–Crippen MR) is 77.4 cm³/mol. The SMILES string of the molecule is COCCOCCCCNc1ncc(Br)cc1Cl. The average Bonchev–Trinajstić information content (AvgIpc) is 2.35.